The SMILES string of the molecule is CCCCc1ccc(C(=O)c2c(C)cccc2C)cc1. The number of rotatable bonds is 5. The Morgan fingerprint density at radius 2 is 1.55 bits per heavy atom. The number of unbranched alkanes of at least 4 members (excludes halogenated alkanes) is 1. The predicted molar refractivity (Wildman–Crippen MR) is 84.4 cm³/mol. The van der Waals surface area contributed by atoms with Crippen LogP contribution in [0.4, 0.5) is 0 Å². The highest BCUT2D eigenvalue weighted by Crippen LogP contribution is 2.19. The van der Waals surface area contributed by atoms with Crippen molar-refractivity contribution in [3.8, 4) is 0 Å². The highest BCUT2D eigenvalue weighted by molar-refractivity contribution is 6.10. The molecule has 0 bridgehead atoms. The Balaban J connectivity index is 2.25. The van der Waals surface area contributed by atoms with Crippen LogP contribution in [0.3, 0.4) is 0 Å². The standard InChI is InChI=1S/C19H22O/c1-4-5-9-16-10-12-17(13-11-16)19(20)18-14(2)7-6-8-15(18)3/h6-8,10-13H,4-5,9H2,1-3H3. The number of carbonyl (C=O) groups is 1. The smallest absolute Gasteiger partial charge is 0.193 e. The van der Waals surface area contributed by atoms with E-state index in [1.807, 2.05) is 44.2 Å². The van der Waals surface area contributed by atoms with E-state index in [0.29, 0.717) is 0 Å². The van der Waals surface area contributed by atoms with E-state index in [-0.39, 0.29) is 5.78 Å². The molecule has 0 saturated carbocycles. The van der Waals surface area contributed by atoms with Crippen molar-refractivity contribution in [2.45, 2.75) is 40.0 Å². The fourth-order valence-corrected chi connectivity index (χ4v) is 2.52. The molecule has 0 aromatic heterocycles. The number of ketones is 1. The maximum Gasteiger partial charge on any atom is 0.193 e. The van der Waals surface area contributed by atoms with E-state index in [4.69, 9.17) is 0 Å². The second-order valence-electron chi connectivity index (χ2n) is 5.40. The summed E-state index contributed by atoms with van der Waals surface area (Å²) in [5, 5.41) is 0. The van der Waals surface area contributed by atoms with Crippen molar-refractivity contribution in [2.75, 3.05) is 0 Å². The molecule has 0 unspecified atom stereocenters. The summed E-state index contributed by atoms with van der Waals surface area (Å²) in [6.45, 7) is 6.19. The predicted octanol–water partition coefficient (Wildman–Crippen LogP) is 4.88. The Bertz CT molecular complexity index is 573. The van der Waals surface area contributed by atoms with Crippen LogP contribution in [-0.4, -0.2) is 5.78 Å². The minimum atomic E-state index is 0.127. The van der Waals surface area contributed by atoms with Crippen molar-refractivity contribution in [3.05, 3.63) is 70.3 Å². The number of aryl methyl sites for hydroxylation is 3. The van der Waals surface area contributed by atoms with Crippen LogP contribution >= 0.6 is 0 Å². The lowest BCUT2D eigenvalue weighted by atomic mass is 9.94. The second-order valence-corrected chi connectivity index (χ2v) is 5.40. The Morgan fingerprint density at radius 1 is 0.950 bits per heavy atom. The molecule has 104 valence electrons. The molecular weight excluding hydrogens is 244 g/mol. The van der Waals surface area contributed by atoms with E-state index in [1.54, 1.807) is 0 Å². The lowest BCUT2D eigenvalue weighted by Gasteiger charge is -2.09. The van der Waals surface area contributed by atoms with E-state index in [9.17, 15) is 4.79 Å². The summed E-state index contributed by atoms with van der Waals surface area (Å²) in [5.74, 6) is 0.127. The molecule has 0 N–H and O–H groups in total. The largest absolute Gasteiger partial charge is 0.289 e. The summed E-state index contributed by atoms with van der Waals surface area (Å²) in [5.41, 5.74) is 5.02. The fourth-order valence-electron chi connectivity index (χ4n) is 2.52. The van der Waals surface area contributed by atoms with Gasteiger partial charge < -0.3 is 0 Å². The molecule has 0 spiro atoms. The zero-order valence-electron chi connectivity index (χ0n) is 12.6. The van der Waals surface area contributed by atoms with Gasteiger partial charge in [-0.2, -0.15) is 0 Å². The molecule has 0 fully saturated rings. The molecule has 0 aliphatic carbocycles. The highest BCUT2D eigenvalue weighted by Gasteiger charge is 2.13. The lowest BCUT2D eigenvalue weighted by Crippen LogP contribution is -2.06. The summed E-state index contributed by atoms with van der Waals surface area (Å²) in [7, 11) is 0. The molecule has 0 atom stereocenters. The summed E-state index contributed by atoms with van der Waals surface area (Å²) in [4.78, 5) is 12.6. The molecule has 1 nitrogen and oxygen atoms in total. The summed E-state index contributed by atoms with van der Waals surface area (Å²) in [6, 6.07) is 14.1. The van der Waals surface area contributed by atoms with Gasteiger partial charge in [-0.3, -0.25) is 4.79 Å². The van der Waals surface area contributed by atoms with Crippen molar-refractivity contribution < 1.29 is 4.79 Å². The first-order chi connectivity index (χ1) is 9.63. The van der Waals surface area contributed by atoms with Gasteiger partial charge in [-0.1, -0.05) is 55.8 Å². The third-order valence-corrected chi connectivity index (χ3v) is 3.74. The van der Waals surface area contributed by atoms with Crippen molar-refractivity contribution in [1.29, 1.82) is 0 Å². The van der Waals surface area contributed by atoms with Crippen LogP contribution in [0.25, 0.3) is 0 Å². The molecule has 0 aliphatic rings. The van der Waals surface area contributed by atoms with Gasteiger partial charge in [-0.05, 0) is 43.4 Å². The van der Waals surface area contributed by atoms with Crippen LogP contribution < -0.4 is 0 Å². The van der Waals surface area contributed by atoms with Gasteiger partial charge in [0, 0.05) is 11.1 Å². The molecule has 2 aromatic carbocycles. The molecule has 2 rings (SSSR count). The van der Waals surface area contributed by atoms with Gasteiger partial charge in [-0.25, -0.2) is 0 Å². The van der Waals surface area contributed by atoms with Gasteiger partial charge in [0.25, 0.3) is 0 Å². The molecule has 1 heteroatoms. The van der Waals surface area contributed by atoms with Gasteiger partial charge in [0.2, 0.25) is 0 Å². The average molecular weight is 266 g/mol. The van der Waals surface area contributed by atoms with E-state index >= 15 is 0 Å². The third kappa shape index (κ3) is 3.16. The number of benzene rings is 2. The molecule has 0 heterocycles. The highest BCUT2D eigenvalue weighted by atomic mass is 16.1. The zero-order valence-corrected chi connectivity index (χ0v) is 12.6. The van der Waals surface area contributed by atoms with Crippen molar-refractivity contribution in [3.63, 3.8) is 0 Å². The van der Waals surface area contributed by atoms with Crippen LogP contribution in [0.5, 0.6) is 0 Å². The molecule has 0 amide bonds. The third-order valence-electron chi connectivity index (χ3n) is 3.74. The molecule has 20 heavy (non-hydrogen) atoms. The van der Waals surface area contributed by atoms with Gasteiger partial charge in [0.15, 0.2) is 5.78 Å². The average Bonchev–Trinajstić information content (AvgIpc) is 2.45. The van der Waals surface area contributed by atoms with E-state index in [2.05, 4.69) is 19.1 Å². The molecular formula is C19H22O. The van der Waals surface area contributed by atoms with Gasteiger partial charge in [0.05, 0.1) is 0 Å². The Kier molecular flexibility index (Phi) is 4.73. The molecule has 2 aromatic rings. The topological polar surface area (TPSA) is 17.1 Å². The molecule has 0 saturated heterocycles. The minimum absolute atomic E-state index is 0.127. The van der Waals surface area contributed by atoms with E-state index in [0.717, 1.165) is 28.7 Å². The number of hydrogen-bond acceptors (Lipinski definition) is 1. The first-order valence-electron chi connectivity index (χ1n) is 7.33. The van der Waals surface area contributed by atoms with E-state index < -0.39 is 0 Å². The lowest BCUT2D eigenvalue weighted by molar-refractivity contribution is 0.103. The summed E-state index contributed by atoms with van der Waals surface area (Å²) < 4.78 is 0. The Labute approximate surface area is 121 Å². The van der Waals surface area contributed by atoms with Gasteiger partial charge in [0.1, 0.15) is 0 Å². The summed E-state index contributed by atoms with van der Waals surface area (Å²) >= 11 is 0. The first kappa shape index (κ1) is 14.5. The van der Waals surface area contributed by atoms with Crippen LogP contribution in [-0.2, 0) is 6.42 Å². The van der Waals surface area contributed by atoms with Crippen LogP contribution in [0.2, 0.25) is 0 Å². The quantitative estimate of drug-likeness (QED) is 0.705. The van der Waals surface area contributed by atoms with E-state index in [1.165, 1.54) is 18.4 Å². The normalized spacial score (nSPS) is 10.6. The first-order valence-corrected chi connectivity index (χ1v) is 7.33. The number of hydrogen-bond donors (Lipinski definition) is 0. The van der Waals surface area contributed by atoms with Crippen LogP contribution in [0.15, 0.2) is 42.5 Å². The van der Waals surface area contributed by atoms with Crippen LogP contribution in [0, 0.1) is 13.8 Å². The summed E-state index contributed by atoms with van der Waals surface area (Å²) in [6.07, 6.45) is 3.49. The fraction of sp³-hybridized carbons (Fsp3) is 0.316. The second kappa shape index (κ2) is 6.51. The maximum atomic E-state index is 12.6. The Hall–Kier alpha value is -1.89. The monoisotopic (exact) mass is 266 g/mol. The van der Waals surface area contributed by atoms with Gasteiger partial charge in [-0.15, -0.1) is 0 Å². The maximum absolute atomic E-state index is 12.6. The minimum Gasteiger partial charge on any atom is -0.289 e. The van der Waals surface area contributed by atoms with Gasteiger partial charge >= 0.3 is 0 Å². The van der Waals surface area contributed by atoms with Crippen molar-refractivity contribution in [1.82, 2.24) is 0 Å². The Morgan fingerprint density at radius 3 is 2.10 bits per heavy atom. The van der Waals surface area contributed by atoms with Crippen LogP contribution in [0.1, 0.15) is 52.4 Å². The molecule has 0 aliphatic heterocycles. The molecule has 0 radical (unpaired) electrons. The number of carbonyl (C=O) groups excluding carboxylic acids is 1. The zero-order chi connectivity index (χ0) is 14.5. The van der Waals surface area contributed by atoms with Crippen molar-refractivity contribution >= 4 is 5.78 Å². The van der Waals surface area contributed by atoms with Crippen molar-refractivity contribution in [2.24, 2.45) is 0 Å².